The Morgan fingerprint density at radius 1 is 0.491 bits per heavy atom. The fraction of sp³-hybridized carbons (Fsp3) is 0.0588. The van der Waals surface area contributed by atoms with Gasteiger partial charge < -0.3 is 18.1 Å². The number of hydrogen-bond donors (Lipinski definition) is 0. The molecular formula is C51H35B2NO3. The standard InChI is InChI=1S/C51H35B2NO3/c1-51(2)40-19-9-11-21-42(40)54(43-22-12-10-20-41(43)51)53-48-39-30-34-28-29-55-45(34)31-46(39)57-49(48)52(47-38-18-8-13-23-44(38)56-50(47)53)35-26-24-33(25-27-35)37-17-7-6-16-36(37)32-14-4-3-5-15-32/h3-31H,1-2H3. The molecule has 12 rings (SSSR count). The molecule has 0 aliphatic carbocycles. The summed E-state index contributed by atoms with van der Waals surface area (Å²) in [5.41, 5.74) is 17.2. The van der Waals surface area contributed by atoms with E-state index in [-0.39, 0.29) is 19.0 Å². The van der Waals surface area contributed by atoms with Crippen LogP contribution in [0.4, 0.5) is 11.4 Å². The monoisotopic (exact) mass is 731 g/mol. The van der Waals surface area contributed by atoms with Crippen LogP contribution in [0.5, 0.6) is 0 Å². The average molecular weight is 731 g/mol. The Morgan fingerprint density at radius 2 is 1.11 bits per heavy atom. The van der Waals surface area contributed by atoms with Crippen molar-refractivity contribution in [1.82, 2.24) is 0 Å². The normalized spacial score (nSPS) is 14.2. The van der Waals surface area contributed by atoms with E-state index in [1.54, 1.807) is 6.26 Å². The van der Waals surface area contributed by atoms with Gasteiger partial charge in [-0.15, -0.1) is 0 Å². The molecule has 268 valence electrons. The maximum absolute atomic E-state index is 7.21. The van der Waals surface area contributed by atoms with E-state index in [4.69, 9.17) is 13.3 Å². The summed E-state index contributed by atoms with van der Waals surface area (Å²) in [5.74, 6) is 0. The zero-order valence-electron chi connectivity index (χ0n) is 31.6. The lowest BCUT2D eigenvalue weighted by molar-refractivity contribution is 0.612. The molecule has 10 aromatic rings. The van der Waals surface area contributed by atoms with Crippen LogP contribution in [0.15, 0.2) is 189 Å². The van der Waals surface area contributed by atoms with Gasteiger partial charge >= 0.3 is 6.85 Å². The molecule has 0 unspecified atom stereocenters. The molecule has 0 atom stereocenters. The molecule has 5 heterocycles. The predicted octanol–water partition coefficient (Wildman–Crippen LogP) is 9.67. The fourth-order valence-electron chi connectivity index (χ4n) is 9.94. The average Bonchev–Trinajstić information content (AvgIpc) is 3.98. The predicted molar refractivity (Wildman–Crippen MR) is 236 cm³/mol. The van der Waals surface area contributed by atoms with Crippen molar-refractivity contribution < 1.29 is 13.3 Å². The molecule has 6 heteroatoms. The fourth-order valence-corrected chi connectivity index (χ4v) is 9.94. The number of hydrogen-bond acceptors (Lipinski definition) is 4. The first-order chi connectivity index (χ1) is 28.0. The molecule has 57 heavy (non-hydrogen) atoms. The van der Waals surface area contributed by atoms with E-state index in [1.807, 2.05) is 6.07 Å². The molecule has 0 spiro atoms. The Labute approximate surface area is 331 Å². The summed E-state index contributed by atoms with van der Waals surface area (Å²) in [5, 5.41) is 3.20. The third-order valence-electron chi connectivity index (χ3n) is 12.6. The van der Waals surface area contributed by atoms with Gasteiger partial charge in [0.25, 0.3) is 6.71 Å². The van der Waals surface area contributed by atoms with E-state index in [0.29, 0.717) is 0 Å². The van der Waals surface area contributed by atoms with Gasteiger partial charge in [-0.1, -0.05) is 153 Å². The summed E-state index contributed by atoms with van der Waals surface area (Å²) in [7, 11) is 0. The zero-order valence-corrected chi connectivity index (χ0v) is 31.6. The first-order valence-corrected chi connectivity index (χ1v) is 19.7. The van der Waals surface area contributed by atoms with Gasteiger partial charge in [0, 0.05) is 39.0 Å². The Kier molecular flexibility index (Phi) is 6.83. The van der Waals surface area contributed by atoms with Crippen molar-refractivity contribution in [2.75, 3.05) is 4.81 Å². The molecule has 7 aromatic carbocycles. The van der Waals surface area contributed by atoms with Crippen molar-refractivity contribution in [3.05, 3.63) is 187 Å². The Bertz CT molecular complexity index is 3140. The van der Waals surface area contributed by atoms with Crippen LogP contribution in [-0.2, 0) is 5.41 Å². The van der Waals surface area contributed by atoms with Gasteiger partial charge in [-0.25, -0.2) is 0 Å². The van der Waals surface area contributed by atoms with E-state index in [2.05, 4.69) is 182 Å². The summed E-state index contributed by atoms with van der Waals surface area (Å²) in [6.45, 7) is 4.13. The van der Waals surface area contributed by atoms with Gasteiger partial charge in [0.15, 0.2) is 0 Å². The first-order valence-electron chi connectivity index (χ1n) is 19.7. The van der Waals surface area contributed by atoms with Gasteiger partial charge in [0.2, 0.25) is 0 Å². The Balaban J connectivity index is 1.13. The van der Waals surface area contributed by atoms with E-state index in [9.17, 15) is 0 Å². The van der Waals surface area contributed by atoms with Crippen LogP contribution in [0.3, 0.4) is 0 Å². The molecule has 0 saturated heterocycles. The summed E-state index contributed by atoms with van der Waals surface area (Å²) in [4.78, 5) is 2.52. The SMILES string of the molecule is CC1(C)c2ccccc2N(B2c3oc4ccccc4c3B(c3ccc(-c4ccccc4-c4ccccc4)cc3)c3oc4cc5occc5cc4c32)c2ccccc21. The molecule has 0 N–H and O–H groups in total. The van der Waals surface area contributed by atoms with Crippen LogP contribution in [0.25, 0.3) is 55.2 Å². The molecular weight excluding hydrogens is 696 g/mol. The van der Waals surface area contributed by atoms with Gasteiger partial charge in [-0.2, -0.15) is 0 Å². The number of furan rings is 3. The lowest BCUT2D eigenvalue weighted by atomic mass is 9.28. The van der Waals surface area contributed by atoms with Crippen LogP contribution in [0.2, 0.25) is 0 Å². The minimum Gasteiger partial charge on any atom is -0.471 e. The lowest BCUT2D eigenvalue weighted by Gasteiger charge is -2.45. The van der Waals surface area contributed by atoms with E-state index >= 15 is 0 Å². The highest BCUT2D eigenvalue weighted by molar-refractivity contribution is 7.09. The summed E-state index contributed by atoms with van der Waals surface area (Å²) < 4.78 is 20.3. The number of anilines is 2. The van der Waals surface area contributed by atoms with Crippen LogP contribution < -0.4 is 32.5 Å². The van der Waals surface area contributed by atoms with E-state index in [0.717, 1.165) is 60.6 Å². The molecule has 0 radical (unpaired) electrons. The van der Waals surface area contributed by atoms with E-state index < -0.39 is 0 Å². The summed E-state index contributed by atoms with van der Waals surface area (Å²) >= 11 is 0. The van der Waals surface area contributed by atoms with Crippen LogP contribution in [0.1, 0.15) is 25.0 Å². The minimum absolute atomic E-state index is 0.206. The second-order valence-corrected chi connectivity index (χ2v) is 16.0. The highest BCUT2D eigenvalue weighted by Crippen LogP contribution is 2.49. The highest BCUT2D eigenvalue weighted by Gasteiger charge is 2.52. The number of benzene rings is 7. The number of para-hydroxylation sites is 3. The molecule has 2 aliphatic heterocycles. The van der Waals surface area contributed by atoms with Crippen LogP contribution in [-0.4, -0.2) is 13.6 Å². The van der Waals surface area contributed by atoms with Gasteiger partial charge in [-0.3, -0.25) is 0 Å². The molecule has 0 fully saturated rings. The smallest absolute Gasteiger partial charge is 0.372 e. The highest BCUT2D eigenvalue weighted by atomic mass is 16.3. The number of fused-ring (bicyclic) bond motifs is 9. The van der Waals surface area contributed by atoms with Crippen molar-refractivity contribution in [3.8, 4) is 22.3 Å². The van der Waals surface area contributed by atoms with Gasteiger partial charge in [0.05, 0.1) is 17.6 Å². The Morgan fingerprint density at radius 3 is 1.84 bits per heavy atom. The maximum Gasteiger partial charge on any atom is 0.372 e. The zero-order chi connectivity index (χ0) is 37.8. The molecule has 2 aliphatic rings. The molecule has 0 amide bonds. The van der Waals surface area contributed by atoms with Crippen LogP contribution in [0, 0.1) is 0 Å². The molecule has 4 nitrogen and oxygen atoms in total. The number of rotatable bonds is 4. The van der Waals surface area contributed by atoms with E-state index in [1.165, 1.54) is 44.8 Å². The first kappa shape index (κ1) is 32.3. The van der Waals surface area contributed by atoms with Gasteiger partial charge in [0.1, 0.15) is 16.7 Å². The molecule has 3 aromatic heterocycles. The number of nitrogens with zero attached hydrogens (tertiary/aromatic N) is 1. The van der Waals surface area contributed by atoms with Crippen molar-refractivity contribution in [2.45, 2.75) is 19.3 Å². The largest absolute Gasteiger partial charge is 0.471 e. The third-order valence-corrected chi connectivity index (χ3v) is 12.6. The topological polar surface area (TPSA) is 42.7 Å². The molecule has 0 bridgehead atoms. The minimum atomic E-state index is -0.320. The van der Waals surface area contributed by atoms with Crippen molar-refractivity contribution in [1.29, 1.82) is 0 Å². The molecule has 0 saturated carbocycles. The second-order valence-electron chi connectivity index (χ2n) is 16.0. The maximum atomic E-state index is 7.21. The van der Waals surface area contributed by atoms with Crippen LogP contribution >= 0.6 is 0 Å². The lowest BCUT2D eigenvalue weighted by Crippen LogP contribution is -2.74. The third kappa shape index (κ3) is 4.64. The van der Waals surface area contributed by atoms with Crippen molar-refractivity contribution in [2.24, 2.45) is 0 Å². The van der Waals surface area contributed by atoms with Crippen molar-refractivity contribution in [3.63, 3.8) is 0 Å². The van der Waals surface area contributed by atoms with Gasteiger partial charge in [-0.05, 0) is 74.6 Å². The van der Waals surface area contributed by atoms with Crippen molar-refractivity contribution >= 4 is 85.6 Å². The Hall–Kier alpha value is -6.91. The quantitative estimate of drug-likeness (QED) is 0.169. The summed E-state index contributed by atoms with van der Waals surface area (Å²) in [6, 6.07) is 60.9. The summed E-state index contributed by atoms with van der Waals surface area (Å²) in [6.07, 6.45) is 1.75. The second kappa shape index (κ2) is 12.0.